The Balaban J connectivity index is 1.30. The van der Waals surface area contributed by atoms with Gasteiger partial charge in [0, 0.05) is 28.7 Å². The second-order valence-electron chi connectivity index (χ2n) is 7.51. The van der Waals surface area contributed by atoms with Gasteiger partial charge in [-0.1, -0.05) is 49.3 Å². The molecule has 0 radical (unpaired) electrons. The van der Waals surface area contributed by atoms with Gasteiger partial charge < -0.3 is 10.3 Å². The summed E-state index contributed by atoms with van der Waals surface area (Å²) in [6, 6.07) is 13.9. The minimum absolute atomic E-state index is 0.0624. The number of fused-ring (bicyclic) bond motifs is 1. The lowest BCUT2D eigenvalue weighted by Gasteiger charge is -2.08. The fourth-order valence-electron chi connectivity index (χ4n) is 3.31. The maximum Gasteiger partial charge on any atom is 0.230 e. The van der Waals surface area contributed by atoms with Crippen LogP contribution in [0.5, 0.6) is 0 Å². The lowest BCUT2D eigenvalue weighted by molar-refractivity contribution is -0.118. The normalized spacial score (nSPS) is 11.4. The third-order valence-corrected chi connectivity index (χ3v) is 6.18. The van der Waals surface area contributed by atoms with Crippen LogP contribution < -0.4 is 5.32 Å². The number of nitrogens with one attached hydrogen (secondary N) is 2. The summed E-state index contributed by atoms with van der Waals surface area (Å²) in [5.41, 5.74) is 4.28. The molecule has 9 heteroatoms. The molecule has 0 fully saturated rings. The molecule has 0 saturated heterocycles. The van der Waals surface area contributed by atoms with Gasteiger partial charge in [-0.3, -0.25) is 4.79 Å². The Morgan fingerprint density at radius 2 is 2.03 bits per heavy atom. The minimum atomic E-state index is -0.0624. The van der Waals surface area contributed by atoms with E-state index in [1.54, 1.807) is 4.68 Å². The van der Waals surface area contributed by atoms with Crippen molar-refractivity contribution in [1.29, 1.82) is 0 Å². The third-order valence-electron chi connectivity index (χ3n) is 5.02. The van der Waals surface area contributed by atoms with E-state index in [9.17, 15) is 4.79 Å². The van der Waals surface area contributed by atoms with Crippen LogP contribution in [0.4, 0.5) is 0 Å². The van der Waals surface area contributed by atoms with Gasteiger partial charge in [0.25, 0.3) is 0 Å². The van der Waals surface area contributed by atoms with E-state index in [2.05, 4.69) is 51.8 Å². The van der Waals surface area contributed by atoms with E-state index in [1.807, 2.05) is 36.5 Å². The van der Waals surface area contributed by atoms with E-state index in [0.717, 1.165) is 28.6 Å². The van der Waals surface area contributed by atoms with Crippen LogP contribution in [0.2, 0.25) is 5.02 Å². The quantitative estimate of drug-likeness (QED) is 0.386. The number of hydrogen-bond donors (Lipinski definition) is 2. The lowest BCUT2D eigenvalue weighted by Crippen LogP contribution is -2.27. The van der Waals surface area contributed by atoms with Gasteiger partial charge in [0.15, 0.2) is 0 Å². The fraction of sp³-hybridized carbons (Fsp3) is 0.273. The molecule has 0 aliphatic heterocycles. The Morgan fingerprint density at radius 1 is 1.23 bits per heavy atom. The number of rotatable bonds is 8. The van der Waals surface area contributed by atoms with Gasteiger partial charge in [0.05, 0.1) is 11.4 Å². The molecule has 0 unspecified atom stereocenters. The molecule has 31 heavy (non-hydrogen) atoms. The molecule has 0 spiro atoms. The monoisotopic (exact) mass is 454 g/mol. The molecular weight excluding hydrogens is 432 g/mol. The van der Waals surface area contributed by atoms with Crippen molar-refractivity contribution in [2.45, 2.75) is 31.3 Å². The first-order chi connectivity index (χ1) is 15.0. The molecule has 2 aromatic carbocycles. The fourth-order valence-corrected chi connectivity index (χ4v) is 4.20. The highest BCUT2D eigenvalue weighted by atomic mass is 35.5. The van der Waals surface area contributed by atoms with Gasteiger partial charge in [-0.05, 0) is 64.2 Å². The van der Waals surface area contributed by atoms with Gasteiger partial charge in [-0.2, -0.15) is 4.68 Å². The summed E-state index contributed by atoms with van der Waals surface area (Å²) in [7, 11) is 0. The Morgan fingerprint density at radius 3 is 2.81 bits per heavy atom. The Labute approximate surface area is 189 Å². The van der Waals surface area contributed by atoms with Crippen LogP contribution in [0.3, 0.4) is 0 Å². The summed E-state index contributed by atoms with van der Waals surface area (Å²) in [6.07, 6.45) is 2.68. The number of halogens is 1. The van der Waals surface area contributed by atoms with Crippen molar-refractivity contribution >= 4 is 40.2 Å². The van der Waals surface area contributed by atoms with Crippen LogP contribution in [0.1, 0.15) is 30.9 Å². The predicted molar refractivity (Wildman–Crippen MR) is 124 cm³/mol. The Hall–Kier alpha value is -2.84. The molecular formula is C22H23ClN6OS. The summed E-state index contributed by atoms with van der Waals surface area (Å²) in [4.78, 5) is 15.5. The smallest absolute Gasteiger partial charge is 0.230 e. The summed E-state index contributed by atoms with van der Waals surface area (Å²) in [5.74, 6) is 0.638. The number of carbonyl (C=O) groups excluding carboxylic acids is 1. The molecule has 4 rings (SSSR count). The number of thioether (sulfide) groups is 1. The molecule has 0 aliphatic rings. The lowest BCUT2D eigenvalue weighted by atomic mass is 10.0. The molecule has 2 heterocycles. The average molecular weight is 455 g/mol. The molecule has 0 atom stereocenters. The summed E-state index contributed by atoms with van der Waals surface area (Å²) in [5, 5.41) is 17.2. The minimum Gasteiger partial charge on any atom is -0.361 e. The molecule has 0 aliphatic carbocycles. The number of aromatic amines is 1. The van der Waals surface area contributed by atoms with Gasteiger partial charge in [0.1, 0.15) is 0 Å². The van der Waals surface area contributed by atoms with Gasteiger partial charge in [0.2, 0.25) is 11.1 Å². The van der Waals surface area contributed by atoms with Crippen molar-refractivity contribution in [1.82, 2.24) is 30.5 Å². The third kappa shape index (κ3) is 5.08. The number of carbonyl (C=O) groups is 1. The number of benzene rings is 2. The zero-order valence-corrected chi connectivity index (χ0v) is 18.9. The van der Waals surface area contributed by atoms with E-state index in [4.69, 9.17) is 11.6 Å². The average Bonchev–Trinajstić information content (AvgIpc) is 3.39. The highest BCUT2D eigenvalue weighted by Gasteiger charge is 2.12. The number of aromatic nitrogens is 5. The molecule has 0 bridgehead atoms. The molecule has 1 amide bonds. The molecule has 0 saturated carbocycles. The topological polar surface area (TPSA) is 88.5 Å². The maximum absolute atomic E-state index is 12.3. The highest BCUT2D eigenvalue weighted by Crippen LogP contribution is 2.23. The summed E-state index contributed by atoms with van der Waals surface area (Å²) >= 11 is 7.41. The van der Waals surface area contributed by atoms with E-state index in [0.29, 0.717) is 22.6 Å². The van der Waals surface area contributed by atoms with Crippen LogP contribution in [0, 0.1) is 0 Å². The van der Waals surface area contributed by atoms with E-state index >= 15 is 0 Å². The van der Waals surface area contributed by atoms with E-state index in [1.165, 1.54) is 17.3 Å². The Bertz CT molecular complexity index is 1180. The van der Waals surface area contributed by atoms with Crippen molar-refractivity contribution < 1.29 is 4.79 Å². The van der Waals surface area contributed by atoms with Crippen LogP contribution in [0.25, 0.3) is 16.6 Å². The van der Waals surface area contributed by atoms with Gasteiger partial charge in [-0.15, -0.1) is 5.10 Å². The van der Waals surface area contributed by atoms with Crippen molar-refractivity contribution in [2.24, 2.45) is 0 Å². The van der Waals surface area contributed by atoms with Crippen LogP contribution in [-0.2, 0) is 11.2 Å². The first-order valence-corrected chi connectivity index (χ1v) is 11.4. The zero-order chi connectivity index (χ0) is 21.8. The maximum atomic E-state index is 12.3. The predicted octanol–water partition coefficient (Wildman–Crippen LogP) is 4.37. The molecule has 2 aromatic heterocycles. The first kappa shape index (κ1) is 21.4. The second kappa shape index (κ2) is 9.53. The first-order valence-electron chi connectivity index (χ1n) is 10.0. The van der Waals surface area contributed by atoms with Crippen LogP contribution in [0.15, 0.2) is 53.8 Å². The zero-order valence-electron chi connectivity index (χ0n) is 17.3. The summed E-state index contributed by atoms with van der Waals surface area (Å²) in [6.45, 7) is 4.85. The highest BCUT2D eigenvalue weighted by molar-refractivity contribution is 7.99. The number of hydrogen-bond acceptors (Lipinski definition) is 5. The molecule has 4 aromatic rings. The van der Waals surface area contributed by atoms with Crippen molar-refractivity contribution in [3.05, 3.63) is 64.8 Å². The number of H-pyrrole nitrogens is 1. The van der Waals surface area contributed by atoms with Gasteiger partial charge in [-0.25, -0.2) is 0 Å². The number of amides is 1. The van der Waals surface area contributed by atoms with Crippen LogP contribution >= 0.6 is 23.4 Å². The number of nitrogens with zero attached hydrogens (tertiary/aromatic N) is 4. The standard InChI is InChI=1S/C22H23ClN6OS/c1-14(2)15-3-6-18(7-4-15)29-22(26-27-28-29)31-13-21(30)24-10-9-16-12-25-20-8-5-17(23)11-19(16)20/h3-8,11-12,14,25H,9-10,13H2,1-2H3,(H,24,30). The van der Waals surface area contributed by atoms with Gasteiger partial charge >= 0.3 is 0 Å². The SMILES string of the molecule is CC(C)c1ccc(-n2nnnc2SCC(=O)NCCc2c[nH]c3ccc(Cl)cc23)cc1. The van der Waals surface area contributed by atoms with Crippen molar-refractivity contribution in [2.75, 3.05) is 12.3 Å². The molecule has 2 N–H and O–H groups in total. The van der Waals surface area contributed by atoms with Crippen molar-refractivity contribution in [3.63, 3.8) is 0 Å². The second-order valence-corrected chi connectivity index (χ2v) is 8.89. The van der Waals surface area contributed by atoms with Crippen LogP contribution in [-0.4, -0.2) is 43.4 Å². The molecule has 7 nitrogen and oxygen atoms in total. The molecule has 160 valence electrons. The summed E-state index contributed by atoms with van der Waals surface area (Å²) < 4.78 is 1.65. The van der Waals surface area contributed by atoms with E-state index in [-0.39, 0.29) is 11.7 Å². The van der Waals surface area contributed by atoms with Crippen molar-refractivity contribution in [3.8, 4) is 5.69 Å². The largest absolute Gasteiger partial charge is 0.361 e. The Kier molecular flexibility index (Phi) is 6.58. The van der Waals surface area contributed by atoms with E-state index < -0.39 is 0 Å². The number of tetrazole rings is 1.